The van der Waals surface area contributed by atoms with Crippen molar-refractivity contribution in [2.45, 2.75) is 69.9 Å². The molecule has 178 valence electrons. The molecule has 1 N–H and O–H groups in total. The summed E-state index contributed by atoms with van der Waals surface area (Å²) in [5.74, 6) is 7.34. The van der Waals surface area contributed by atoms with E-state index in [1.54, 1.807) is 25.1 Å². The molecule has 1 aromatic rings. The second-order valence-electron chi connectivity index (χ2n) is 9.41. The molecule has 1 aliphatic carbocycles. The van der Waals surface area contributed by atoms with Gasteiger partial charge in [-0.1, -0.05) is 38.5 Å². The van der Waals surface area contributed by atoms with E-state index in [1.807, 2.05) is 6.92 Å². The Morgan fingerprint density at radius 1 is 1.31 bits per heavy atom. The summed E-state index contributed by atoms with van der Waals surface area (Å²) in [6.07, 6.45) is 5.60. The molecule has 0 saturated heterocycles. The Kier molecular flexibility index (Phi) is 8.62. The van der Waals surface area contributed by atoms with Crippen molar-refractivity contribution in [1.29, 1.82) is 0 Å². The van der Waals surface area contributed by atoms with Gasteiger partial charge in [0.15, 0.2) is 0 Å². The molecule has 0 unspecified atom stereocenters. The number of rotatable bonds is 6. The summed E-state index contributed by atoms with van der Waals surface area (Å²) in [5.41, 5.74) is 0.779. The molecule has 1 heterocycles. The first kappa shape index (κ1) is 25.0. The lowest BCUT2D eigenvalue weighted by Crippen LogP contribution is -2.49. The Labute approximate surface area is 194 Å². The van der Waals surface area contributed by atoms with Crippen LogP contribution in [0, 0.1) is 23.7 Å². The van der Waals surface area contributed by atoms with Crippen molar-refractivity contribution >= 4 is 10.0 Å². The summed E-state index contributed by atoms with van der Waals surface area (Å²) < 4.78 is 34.9. The highest BCUT2D eigenvalue weighted by Gasteiger charge is 2.38. The van der Waals surface area contributed by atoms with E-state index in [1.165, 1.54) is 17.1 Å². The first-order valence-electron chi connectivity index (χ1n) is 11.9. The van der Waals surface area contributed by atoms with Crippen LogP contribution in [0.25, 0.3) is 0 Å². The molecule has 3 rings (SSSR count). The lowest BCUT2D eigenvalue weighted by atomic mass is 10.0. The zero-order chi connectivity index (χ0) is 23.3. The number of ether oxygens (including phenoxy) is 1. The fourth-order valence-electron chi connectivity index (χ4n) is 4.56. The third-order valence-electron chi connectivity index (χ3n) is 6.54. The summed E-state index contributed by atoms with van der Waals surface area (Å²) in [4.78, 5) is 2.37. The highest BCUT2D eigenvalue weighted by atomic mass is 32.2. The Bertz CT molecular complexity index is 931. The summed E-state index contributed by atoms with van der Waals surface area (Å²) in [6.45, 7) is 7.62. The zero-order valence-electron chi connectivity index (χ0n) is 19.9. The van der Waals surface area contributed by atoms with Gasteiger partial charge in [0.2, 0.25) is 10.0 Å². The maximum atomic E-state index is 13.5. The van der Waals surface area contributed by atoms with Gasteiger partial charge in [-0.3, -0.25) is 0 Å². The number of benzene rings is 1. The van der Waals surface area contributed by atoms with Crippen molar-refractivity contribution in [3.8, 4) is 17.6 Å². The maximum Gasteiger partial charge on any atom is 0.247 e. The molecule has 1 fully saturated rings. The van der Waals surface area contributed by atoms with Crippen LogP contribution in [0.1, 0.15) is 58.4 Å². The van der Waals surface area contributed by atoms with Crippen molar-refractivity contribution in [3.63, 3.8) is 0 Å². The summed E-state index contributed by atoms with van der Waals surface area (Å²) in [7, 11) is -1.75. The molecule has 3 atom stereocenters. The number of nitrogens with zero attached hydrogens (tertiary/aromatic N) is 2. The van der Waals surface area contributed by atoms with Crippen LogP contribution in [0.15, 0.2) is 23.1 Å². The largest absolute Gasteiger partial charge is 0.487 e. The van der Waals surface area contributed by atoms with Gasteiger partial charge in [0.05, 0.1) is 6.61 Å². The average Bonchev–Trinajstić information content (AvgIpc) is 3.28. The zero-order valence-corrected chi connectivity index (χ0v) is 20.7. The minimum absolute atomic E-state index is 0.0422. The topological polar surface area (TPSA) is 70.1 Å². The monoisotopic (exact) mass is 462 g/mol. The molecule has 1 aromatic carbocycles. The van der Waals surface area contributed by atoms with Gasteiger partial charge in [-0.15, -0.1) is 0 Å². The maximum absolute atomic E-state index is 13.5. The number of aliphatic hydroxyl groups is 1. The Morgan fingerprint density at radius 3 is 2.69 bits per heavy atom. The summed E-state index contributed by atoms with van der Waals surface area (Å²) in [6, 6.07) is 4.65. The van der Waals surface area contributed by atoms with E-state index in [-0.39, 0.29) is 23.5 Å². The van der Waals surface area contributed by atoms with Gasteiger partial charge in [0, 0.05) is 36.5 Å². The Balaban J connectivity index is 2.01. The van der Waals surface area contributed by atoms with E-state index < -0.39 is 16.1 Å². The quantitative estimate of drug-likeness (QED) is 0.657. The first-order chi connectivity index (χ1) is 15.3. The fraction of sp³-hybridized carbons (Fsp3) is 0.680. The van der Waals surface area contributed by atoms with Crippen LogP contribution in [0.4, 0.5) is 0 Å². The van der Waals surface area contributed by atoms with Crippen molar-refractivity contribution in [2.24, 2.45) is 11.8 Å². The summed E-state index contributed by atoms with van der Waals surface area (Å²) in [5, 5.41) is 9.75. The lowest BCUT2D eigenvalue weighted by Gasteiger charge is -2.37. The van der Waals surface area contributed by atoms with Crippen molar-refractivity contribution < 1.29 is 18.3 Å². The van der Waals surface area contributed by atoms with E-state index >= 15 is 0 Å². The molecule has 7 heteroatoms. The van der Waals surface area contributed by atoms with E-state index in [4.69, 9.17) is 4.74 Å². The first-order valence-corrected chi connectivity index (χ1v) is 13.3. The molecule has 6 nitrogen and oxygen atoms in total. The molecule has 1 aliphatic heterocycles. The van der Waals surface area contributed by atoms with Crippen LogP contribution in [-0.2, 0) is 10.0 Å². The van der Waals surface area contributed by atoms with E-state index in [0.29, 0.717) is 24.8 Å². The Hall–Kier alpha value is -1.59. The van der Waals surface area contributed by atoms with Gasteiger partial charge < -0.3 is 14.7 Å². The SMILES string of the molecule is CCCN(C)C[C@H]1Oc2cc(C#CC3CCCC3)ccc2S(=O)(=O)N([C@H](C)CO)C[C@@H]1C. The number of hydrogen-bond donors (Lipinski definition) is 1. The predicted molar refractivity (Wildman–Crippen MR) is 127 cm³/mol. The van der Waals surface area contributed by atoms with Gasteiger partial charge in [0.1, 0.15) is 16.7 Å². The molecule has 2 aliphatic rings. The molecule has 0 spiro atoms. The van der Waals surface area contributed by atoms with Crippen LogP contribution in [0.5, 0.6) is 5.75 Å². The second kappa shape index (κ2) is 11.0. The van der Waals surface area contributed by atoms with Crippen LogP contribution in [0.3, 0.4) is 0 Å². The molecule has 0 bridgehead atoms. The minimum Gasteiger partial charge on any atom is -0.487 e. The number of fused-ring (bicyclic) bond motifs is 1. The van der Waals surface area contributed by atoms with Crippen molar-refractivity contribution in [2.75, 3.05) is 33.3 Å². The molecule has 0 amide bonds. The van der Waals surface area contributed by atoms with Gasteiger partial charge >= 0.3 is 0 Å². The third kappa shape index (κ3) is 5.85. The third-order valence-corrected chi connectivity index (χ3v) is 8.56. The van der Waals surface area contributed by atoms with Crippen LogP contribution in [-0.4, -0.2) is 68.2 Å². The second-order valence-corrected chi connectivity index (χ2v) is 11.3. The lowest BCUT2D eigenvalue weighted by molar-refractivity contribution is 0.0752. The van der Waals surface area contributed by atoms with E-state index in [0.717, 1.165) is 31.4 Å². The number of sulfonamides is 1. The normalized spacial score (nSPS) is 24.7. The molecule has 32 heavy (non-hydrogen) atoms. The van der Waals surface area contributed by atoms with Gasteiger partial charge in [-0.2, -0.15) is 4.31 Å². The number of likely N-dealkylation sites (N-methyl/N-ethyl adjacent to an activating group) is 1. The van der Waals surface area contributed by atoms with Crippen LogP contribution in [0.2, 0.25) is 0 Å². The minimum atomic E-state index is -3.81. The number of hydrogen-bond acceptors (Lipinski definition) is 5. The van der Waals surface area contributed by atoms with Crippen LogP contribution < -0.4 is 4.74 Å². The molecular weight excluding hydrogens is 424 g/mol. The van der Waals surface area contributed by atoms with Crippen molar-refractivity contribution in [1.82, 2.24) is 9.21 Å². The molecule has 1 saturated carbocycles. The highest BCUT2D eigenvalue weighted by Crippen LogP contribution is 2.34. The van der Waals surface area contributed by atoms with Gasteiger partial charge in [-0.05, 0) is 58.0 Å². The standard InChI is InChI=1S/C25H38N2O4S/c1-5-14-26(4)17-24-19(2)16-27(20(3)18-28)32(29,30)25-13-12-22(15-23(25)31-24)11-10-21-8-6-7-9-21/h12-13,15,19-21,24,28H,5-9,14,16-18H2,1-4H3/t19-,20+,24+/m0/s1. The smallest absolute Gasteiger partial charge is 0.247 e. The van der Waals surface area contributed by atoms with Crippen molar-refractivity contribution in [3.05, 3.63) is 23.8 Å². The Morgan fingerprint density at radius 2 is 2.03 bits per heavy atom. The molecule has 0 radical (unpaired) electrons. The highest BCUT2D eigenvalue weighted by molar-refractivity contribution is 7.89. The molecule has 0 aromatic heterocycles. The number of aliphatic hydroxyl groups excluding tert-OH is 1. The average molecular weight is 463 g/mol. The van der Waals surface area contributed by atoms with E-state index in [9.17, 15) is 13.5 Å². The summed E-state index contributed by atoms with van der Waals surface area (Å²) >= 11 is 0. The van der Waals surface area contributed by atoms with E-state index in [2.05, 4.69) is 30.7 Å². The molecular formula is C25H38N2O4S. The predicted octanol–water partition coefficient (Wildman–Crippen LogP) is 3.34. The fourth-order valence-corrected chi connectivity index (χ4v) is 6.38. The van der Waals surface area contributed by atoms with Crippen LogP contribution >= 0.6 is 0 Å². The van der Waals surface area contributed by atoms with Gasteiger partial charge in [0.25, 0.3) is 0 Å². The van der Waals surface area contributed by atoms with Gasteiger partial charge in [-0.25, -0.2) is 8.42 Å².